The van der Waals surface area contributed by atoms with Crippen molar-refractivity contribution in [3.8, 4) is 0 Å². The average Bonchev–Trinajstić information content (AvgIpc) is 3.06. The Morgan fingerprint density at radius 3 is 2.62 bits per heavy atom. The average molecular weight is 463 g/mol. The summed E-state index contributed by atoms with van der Waals surface area (Å²) in [7, 11) is -4.08. The third-order valence-electron chi connectivity index (χ3n) is 5.80. The molecule has 1 saturated heterocycles. The second-order valence-corrected chi connectivity index (χ2v) is 9.08. The van der Waals surface area contributed by atoms with E-state index in [2.05, 4.69) is 25.0 Å². The molecular formula is C18H21N7O6S. The molecule has 13 nitrogen and oxygen atoms in total. The number of hydrogen-bond acceptors (Lipinski definition) is 10. The van der Waals surface area contributed by atoms with Gasteiger partial charge in [-0.15, -0.1) is 0 Å². The van der Waals surface area contributed by atoms with E-state index in [1.165, 1.54) is 17.2 Å². The number of anilines is 1. The van der Waals surface area contributed by atoms with Crippen LogP contribution in [0.15, 0.2) is 43.0 Å². The molecule has 0 radical (unpaired) electrons. The van der Waals surface area contributed by atoms with Crippen LogP contribution in [0, 0.1) is 0 Å². The molecule has 2 aliphatic rings. The highest BCUT2D eigenvalue weighted by molar-refractivity contribution is 7.87. The number of ether oxygens (including phenoxy) is 1. The Morgan fingerprint density at radius 2 is 2.00 bits per heavy atom. The summed E-state index contributed by atoms with van der Waals surface area (Å²) >= 11 is 0. The molecule has 1 aromatic carbocycles. The number of imidazole rings is 1. The molecule has 170 valence electrons. The van der Waals surface area contributed by atoms with E-state index in [0.29, 0.717) is 17.0 Å². The van der Waals surface area contributed by atoms with Gasteiger partial charge in [-0.1, -0.05) is 30.3 Å². The van der Waals surface area contributed by atoms with Crippen molar-refractivity contribution < 1.29 is 28.5 Å². The Bertz CT molecular complexity index is 1260. The molecule has 1 unspecified atom stereocenters. The first kappa shape index (κ1) is 21.1. The van der Waals surface area contributed by atoms with Crippen molar-refractivity contribution >= 4 is 27.2 Å². The number of nitrogens with one attached hydrogen (secondary N) is 2. The highest BCUT2D eigenvalue weighted by Crippen LogP contribution is 2.54. The van der Waals surface area contributed by atoms with Gasteiger partial charge < -0.3 is 25.4 Å². The van der Waals surface area contributed by atoms with Gasteiger partial charge in [-0.3, -0.25) is 4.57 Å². The van der Waals surface area contributed by atoms with Crippen LogP contribution >= 0.6 is 0 Å². The summed E-state index contributed by atoms with van der Waals surface area (Å²) in [6.07, 6.45) is -0.825. The monoisotopic (exact) mass is 463 g/mol. The molecular weight excluding hydrogens is 442 g/mol. The Kier molecular flexibility index (Phi) is 4.90. The lowest BCUT2D eigenvalue weighted by Crippen LogP contribution is -2.44. The molecule has 0 spiro atoms. The molecule has 14 heteroatoms. The molecule has 2 fully saturated rings. The molecule has 5 rings (SSSR count). The van der Waals surface area contributed by atoms with E-state index in [1.54, 1.807) is 0 Å². The lowest BCUT2D eigenvalue weighted by Gasteiger charge is -2.23. The van der Waals surface area contributed by atoms with Crippen LogP contribution < -0.4 is 15.2 Å². The number of aliphatic hydroxyl groups is 3. The Labute approximate surface area is 182 Å². The molecule has 2 aromatic heterocycles. The van der Waals surface area contributed by atoms with Gasteiger partial charge in [0, 0.05) is 0 Å². The summed E-state index contributed by atoms with van der Waals surface area (Å²) in [5.74, 6) is 0.363. The second-order valence-electron chi connectivity index (χ2n) is 7.76. The fourth-order valence-corrected chi connectivity index (χ4v) is 4.80. The number of benzene rings is 1. The van der Waals surface area contributed by atoms with E-state index in [9.17, 15) is 23.7 Å². The van der Waals surface area contributed by atoms with Crippen LogP contribution in [0.25, 0.3) is 11.2 Å². The first-order valence-corrected chi connectivity index (χ1v) is 11.2. The van der Waals surface area contributed by atoms with Gasteiger partial charge in [-0.05, 0) is 5.56 Å². The number of nitrogens with zero attached hydrogens (tertiary/aromatic N) is 4. The molecule has 3 heterocycles. The lowest BCUT2D eigenvalue weighted by atomic mass is 10.1. The van der Waals surface area contributed by atoms with Gasteiger partial charge in [0.1, 0.15) is 24.1 Å². The minimum Gasteiger partial charge on any atom is -0.394 e. The van der Waals surface area contributed by atoms with Crippen LogP contribution in [0.5, 0.6) is 0 Å². The highest BCUT2D eigenvalue weighted by Gasteiger charge is 2.77. The van der Waals surface area contributed by atoms with E-state index >= 15 is 0 Å². The summed E-state index contributed by atoms with van der Waals surface area (Å²) in [6, 6.07) is 7.83. The topological polar surface area (TPSA) is 198 Å². The smallest absolute Gasteiger partial charge is 0.274 e. The van der Waals surface area contributed by atoms with Crippen LogP contribution in [0.4, 0.5) is 5.82 Å². The summed E-state index contributed by atoms with van der Waals surface area (Å²) in [5, 5.41) is 39.3. The summed E-state index contributed by atoms with van der Waals surface area (Å²) in [4.78, 5) is 12.7. The Morgan fingerprint density at radius 1 is 1.25 bits per heavy atom. The normalized spacial score (nSPS) is 30.2. The third-order valence-corrected chi connectivity index (χ3v) is 6.38. The second kappa shape index (κ2) is 7.41. The maximum atomic E-state index is 11.3. The van der Waals surface area contributed by atoms with E-state index in [1.807, 2.05) is 30.3 Å². The molecule has 1 aliphatic carbocycles. The fourth-order valence-electron chi connectivity index (χ4n) is 4.13. The molecule has 7 N–H and O–H groups in total. The van der Waals surface area contributed by atoms with Crippen molar-refractivity contribution in [3.05, 3.63) is 48.5 Å². The molecule has 1 aliphatic heterocycles. The first-order chi connectivity index (χ1) is 15.2. The molecule has 0 bridgehead atoms. The number of aliphatic hydroxyl groups excluding tert-OH is 2. The zero-order valence-corrected chi connectivity index (χ0v) is 17.3. The standard InChI is InChI=1S/C18H21N7O6S/c19-32(29,30)24-12-14-18(12,28)13(27)17(31-14)25-8-22-11-15(20-7-21-16(11)25)23-10(6-26)9-4-2-1-3-5-9/h1-5,7-8,10,12-14,17,24,26-28H,6H2,(H2,19,29,30)(H,20,21,23)/t10-,12?,13+,14-,17-,18-/m1/s1. The molecule has 1 saturated carbocycles. The number of nitrogens with two attached hydrogens (primary N) is 1. The summed E-state index contributed by atoms with van der Waals surface area (Å²) < 4.78 is 31.7. The Hall–Kier alpha value is -2.72. The number of fused-ring (bicyclic) bond motifs is 2. The maximum Gasteiger partial charge on any atom is 0.274 e. The Balaban J connectivity index is 1.41. The van der Waals surface area contributed by atoms with Gasteiger partial charge in [0.2, 0.25) is 0 Å². The SMILES string of the molecule is NS(=O)(=O)NC1[C@H]2O[C@@H](n3cnc4c(N[C@H](CO)c5ccccc5)ncnc43)[C@H](O)[C@]12O. The number of rotatable bonds is 7. The number of hydrogen-bond donors (Lipinski definition) is 6. The number of aromatic nitrogens is 4. The van der Waals surface area contributed by atoms with Crippen molar-refractivity contribution in [2.24, 2.45) is 5.14 Å². The zero-order valence-electron chi connectivity index (χ0n) is 16.5. The summed E-state index contributed by atoms with van der Waals surface area (Å²) in [5.41, 5.74) is -0.287. The van der Waals surface area contributed by atoms with Crippen LogP contribution in [0.1, 0.15) is 17.8 Å². The minimum atomic E-state index is -4.08. The van der Waals surface area contributed by atoms with Crippen molar-refractivity contribution in [3.63, 3.8) is 0 Å². The van der Waals surface area contributed by atoms with E-state index in [4.69, 9.17) is 9.88 Å². The highest BCUT2D eigenvalue weighted by atomic mass is 32.2. The van der Waals surface area contributed by atoms with Crippen molar-refractivity contribution in [2.75, 3.05) is 11.9 Å². The fraction of sp³-hybridized carbons (Fsp3) is 0.389. The van der Waals surface area contributed by atoms with Crippen LogP contribution in [0.3, 0.4) is 0 Å². The molecule has 3 aromatic rings. The van der Waals surface area contributed by atoms with E-state index < -0.39 is 46.3 Å². The predicted octanol–water partition coefficient (Wildman–Crippen LogP) is -1.86. The maximum absolute atomic E-state index is 11.3. The lowest BCUT2D eigenvalue weighted by molar-refractivity contribution is -0.0685. The van der Waals surface area contributed by atoms with Gasteiger partial charge in [0.15, 0.2) is 23.2 Å². The summed E-state index contributed by atoms with van der Waals surface area (Å²) in [6.45, 7) is -0.187. The van der Waals surface area contributed by atoms with Crippen molar-refractivity contribution in [1.29, 1.82) is 0 Å². The van der Waals surface area contributed by atoms with E-state index in [0.717, 1.165) is 5.56 Å². The van der Waals surface area contributed by atoms with E-state index in [-0.39, 0.29) is 6.61 Å². The zero-order chi connectivity index (χ0) is 22.7. The van der Waals surface area contributed by atoms with Crippen molar-refractivity contribution in [2.45, 2.75) is 36.1 Å². The first-order valence-electron chi connectivity index (χ1n) is 9.70. The van der Waals surface area contributed by atoms with Crippen molar-refractivity contribution in [1.82, 2.24) is 24.2 Å². The van der Waals surface area contributed by atoms with Crippen LogP contribution in [0.2, 0.25) is 0 Å². The van der Waals surface area contributed by atoms with Gasteiger partial charge in [-0.25, -0.2) is 20.1 Å². The largest absolute Gasteiger partial charge is 0.394 e. The van der Waals surface area contributed by atoms with Gasteiger partial charge in [0.25, 0.3) is 10.2 Å². The minimum absolute atomic E-state index is 0.187. The molecule has 32 heavy (non-hydrogen) atoms. The van der Waals surface area contributed by atoms with Gasteiger partial charge >= 0.3 is 0 Å². The van der Waals surface area contributed by atoms with Crippen LogP contribution in [-0.4, -0.2) is 73.7 Å². The van der Waals surface area contributed by atoms with Crippen LogP contribution in [-0.2, 0) is 14.9 Å². The quantitative estimate of drug-likeness (QED) is 0.231. The molecule has 0 amide bonds. The van der Waals surface area contributed by atoms with Gasteiger partial charge in [0.05, 0.1) is 25.0 Å². The molecule has 6 atom stereocenters. The van der Waals surface area contributed by atoms with Gasteiger partial charge in [-0.2, -0.15) is 13.1 Å². The predicted molar refractivity (Wildman–Crippen MR) is 110 cm³/mol. The third kappa shape index (κ3) is 3.32.